The molecule has 3 heteroatoms. The second kappa shape index (κ2) is 5.98. The van der Waals surface area contributed by atoms with Crippen LogP contribution >= 0.6 is 15.9 Å². The highest BCUT2D eigenvalue weighted by Gasteiger charge is 2.26. The highest BCUT2D eigenvalue weighted by molar-refractivity contribution is 9.10. The van der Waals surface area contributed by atoms with Gasteiger partial charge < -0.3 is 9.84 Å². The summed E-state index contributed by atoms with van der Waals surface area (Å²) >= 11 is 3.43. The Morgan fingerprint density at radius 3 is 2.75 bits per heavy atom. The van der Waals surface area contributed by atoms with Crippen LogP contribution in [0.1, 0.15) is 30.1 Å². The lowest BCUT2D eigenvalue weighted by Gasteiger charge is -2.29. The van der Waals surface area contributed by atoms with Crippen molar-refractivity contribution < 1.29 is 9.84 Å². The van der Waals surface area contributed by atoms with Crippen molar-refractivity contribution in [1.82, 2.24) is 0 Å². The first kappa shape index (κ1) is 13.7. The molecule has 2 nitrogen and oxygen atoms in total. The van der Waals surface area contributed by atoms with Crippen molar-refractivity contribution in [3.05, 3.63) is 64.1 Å². The van der Waals surface area contributed by atoms with Crippen LogP contribution in [-0.2, 0) is 6.42 Å². The maximum absolute atomic E-state index is 10.3. The predicted molar refractivity (Wildman–Crippen MR) is 82.9 cm³/mol. The van der Waals surface area contributed by atoms with E-state index in [2.05, 4.69) is 40.2 Å². The molecule has 0 aliphatic carbocycles. The molecule has 2 atom stereocenters. The van der Waals surface area contributed by atoms with E-state index in [1.165, 1.54) is 5.56 Å². The number of benzene rings is 2. The minimum Gasteiger partial charge on any atom is -0.490 e. The molecule has 1 unspecified atom stereocenters. The Labute approximate surface area is 127 Å². The van der Waals surface area contributed by atoms with Crippen LogP contribution in [0.25, 0.3) is 0 Å². The number of rotatable bonds is 3. The standard InChI is InChI=1S/C17H17BrO2/c18-13-7-9-17-15(10-13)16(19)11-14(20-17)8-6-12-4-2-1-3-5-12/h1-5,7,9-10,14,16,19H,6,8,11H2/t14?,16-/m0/s1. The molecule has 104 valence electrons. The average Bonchev–Trinajstić information content (AvgIpc) is 2.47. The van der Waals surface area contributed by atoms with Crippen LogP contribution < -0.4 is 4.74 Å². The van der Waals surface area contributed by atoms with E-state index in [1.807, 2.05) is 24.3 Å². The fraction of sp³-hybridized carbons (Fsp3) is 0.294. The second-order valence-corrected chi connectivity index (χ2v) is 6.11. The van der Waals surface area contributed by atoms with Crippen LogP contribution in [-0.4, -0.2) is 11.2 Å². The third kappa shape index (κ3) is 3.05. The van der Waals surface area contributed by atoms with Crippen LogP contribution in [0.15, 0.2) is 53.0 Å². The number of hydrogen-bond acceptors (Lipinski definition) is 2. The molecule has 0 radical (unpaired) electrons. The van der Waals surface area contributed by atoms with Gasteiger partial charge in [0.1, 0.15) is 11.9 Å². The Morgan fingerprint density at radius 2 is 1.95 bits per heavy atom. The minimum absolute atomic E-state index is 0.0823. The summed E-state index contributed by atoms with van der Waals surface area (Å²) in [6.07, 6.45) is 2.22. The smallest absolute Gasteiger partial charge is 0.125 e. The zero-order chi connectivity index (χ0) is 13.9. The van der Waals surface area contributed by atoms with Crippen LogP contribution in [0.3, 0.4) is 0 Å². The number of halogens is 1. The van der Waals surface area contributed by atoms with Crippen LogP contribution in [0, 0.1) is 0 Å². The lowest BCUT2D eigenvalue weighted by molar-refractivity contribution is 0.0619. The normalized spacial score (nSPS) is 21.1. The van der Waals surface area contributed by atoms with Gasteiger partial charge in [0.25, 0.3) is 0 Å². The summed E-state index contributed by atoms with van der Waals surface area (Å²) in [5.41, 5.74) is 2.20. The Kier molecular flexibility index (Phi) is 4.08. The molecule has 20 heavy (non-hydrogen) atoms. The van der Waals surface area contributed by atoms with E-state index in [0.717, 1.165) is 28.6 Å². The van der Waals surface area contributed by atoms with Gasteiger partial charge in [0.15, 0.2) is 0 Å². The van der Waals surface area contributed by atoms with Gasteiger partial charge in [-0.2, -0.15) is 0 Å². The second-order valence-electron chi connectivity index (χ2n) is 5.20. The Hall–Kier alpha value is -1.32. The fourth-order valence-corrected chi connectivity index (χ4v) is 3.02. The van der Waals surface area contributed by atoms with Crippen molar-refractivity contribution in [2.45, 2.75) is 31.5 Å². The molecular weight excluding hydrogens is 316 g/mol. The van der Waals surface area contributed by atoms with Crippen molar-refractivity contribution in [1.29, 1.82) is 0 Å². The summed E-state index contributed by atoms with van der Waals surface area (Å²) in [6, 6.07) is 16.2. The van der Waals surface area contributed by atoms with Crippen molar-refractivity contribution in [2.24, 2.45) is 0 Å². The summed E-state index contributed by atoms with van der Waals surface area (Å²) < 4.78 is 6.97. The summed E-state index contributed by atoms with van der Waals surface area (Å²) in [7, 11) is 0. The summed E-state index contributed by atoms with van der Waals surface area (Å²) in [5, 5.41) is 10.3. The lowest BCUT2D eigenvalue weighted by Crippen LogP contribution is -2.26. The molecule has 0 aromatic heterocycles. The summed E-state index contributed by atoms with van der Waals surface area (Å²) in [4.78, 5) is 0. The van der Waals surface area contributed by atoms with Crippen LogP contribution in [0.5, 0.6) is 5.75 Å². The third-order valence-corrected chi connectivity index (χ3v) is 4.20. The van der Waals surface area contributed by atoms with Gasteiger partial charge in [-0.15, -0.1) is 0 Å². The predicted octanol–water partition coefficient (Wildman–Crippen LogP) is 4.27. The molecule has 0 saturated heterocycles. The Morgan fingerprint density at radius 1 is 1.15 bits per heavy atom. The van der Waals surface area contributed by atoms with Crippen molar-refractivity contribution in [2.75, 3.05) is 0 Å². The maximum atomic E-state index is 10.3. The molecule has 0 spiro atoms. The fourth-order valence-electron chi connectivity index (χ4n) is 2.64. The van der Waals surface area contributed by atoms with Gasteiger partial charge in [-0.25, -0.2) is 0 Å². The van der Waals surface area contributed by atoms with Crippen LogP contribution in [0.4, 0.5) is 0 Å². The van der Waals surface area contributed by atoms with E-state index in [0.29, 0.717) is 6.42 Å². The van der Waals surface area contributed by atoms with Gasteiger partial charge in [-0.3, -0.25) is 0 Å². The molecule has 0 amide bonds. The molecule has 1 N–H and O–H groups in total. The minimum atomic E-state index is -0.433. The molecule has 0 fully saturated rings. The Bertz CT molecular complexity index is 583. The van der Waals surface area contributed by atoms with E-state index in [4.69, 9.17) is 4.74 Å². The zero-order valence-electron chi connectivity index (χ0n) is 11.1. The van der Waals surface area contributed by atoms with Crippen molar-refractivity contribution >= 4 is 15.9 Å². The monoisotopic (exact) mass is 332 g/mol. The molecule has 1 aliphatic rings. The number of aliphatic hydroxyl groups is 1. The quantitative estimate of drug-likeness (QED) is 0.909. The van der Waals surface area contributed by atoms with Crippen molar-refractivity contribution in [3.63, 3.8) is 0 Å². The van der Waals surface area contributed by atoms with Gasteiger partial charge in [0, 0.05) is 16.5 Å². The first-order valence-electron chi connectivity index (χ1n) is 6.90. The summed E-state index contributed by atoms with van der Waals surface area (Å²) in [5.74, 6) is 0.810. The van der Waals surface area contributed by atoms with Gasteiger partial charge in [-0.1, -0.05) is 46.3 Å². The largest absolute Gasteiger partial charge is 0.490 e. The van der Waals surface area contributed by atoms with E-state index < -0.39 is 6.10 Å². The molecule has 0 saturated carbocycles. The van der Waals surface area contributed by atoms with E-state index in [1.54, 1.807) is 0 Å². The molecule has 1 heterocycles. The van der Waals surface area contributed by atoms with E-state index in [9.17, 15) is 5.11 Å². The Balaban J connectivity index is 1.67. The van der Waals surface area contributed by atoms with Gasteiger partial charge in [0.2, 0.25) is 0 Å². The zero-order valence-corrected chi connectivity index (χ0v) is 12.7. The first-order chi connectivity index (χ1) is 9.72. The SMILES string of the molecule is O[C@H]1CC(CCc2ccccc2)Oc2ccc(Br)cc21. The third-order valence-electron chi connectivity index (χ3n) is 3.71. The first-order valence-corrected chi connectivity index (χ1v) is 7.70. The van der Waals surface area contributed by atoms with Gasteiger partial charge in [-0.05, 0) is 36.6 Å². The van der Waals surface area contributed by atoms with Gasteiger partial charge >= 0.3 is 0 Å². The van der Waals surface area contributed by atoms with Gasteiger partial charge in [0.05, 0.1) is 6.10 Å². The van der Waals surface area contributed by atoms with E-state index in [-0.39, 0.29) is 6.10 Å². The number of fused-ring (bicyclic) bond motifs is 1. The maximum Gasteiger partial charge on any atom is 0.125 e. The molecule has 1 aliphatic heterocycles. The number of aliphatic hydroxyl groups excluding tert-OH is 1. The van der Waals surface area contributed by atoms with E-state index >= 15 is 0 Å². The van der Waals surface area contributed by atoms with Crippen molar-refractivity contribution in [3.8, 4) is 5.75 Å². The van der Waals surface area contributed by atoms with Crippen LogP contribution in [0.2, 0.25) is 0 Å². The number of aryl methyl sites for hydroxylation is 1. The number of ether oxygens (including phenoxy) is 1. The molecule has 2 aromatic carbocycles. The lowest BCUT2D eigenvalue weighted by atomic mass is 9.95. The molecular formula is C17H17BrO2. The highest BCUT2D eigenvalue weighted by Crippen LogP contribution is 2.37. The average molecular weight is 333 g/mol. The molecule has 3 rings (SSSR count). The highest BCUT2D eigenvalue weighted by atomic mass is 79.9. The number of hydrogen-bond donors (Lipinski definition) is 1. The molecule has 2 aromatic rings. The summed E-state index contributed by atoms with van der Waals surface area (Å²) in [6.45, 7) is 0. The molecule has 0 bridgehead atoms. The topological polar surface area (TPSA) is 29.5 Å².